The van der Waals surface area contributed by atoms with Crippen LogP contribution in [0.15, 0.2) is 46.9 Å². The number of amides is 1. The lowest BCUT2D eigenvalue weighted by atomic mass is 10.0. The highest BCUT2D eigenvalue weighted by molar-refractivity contribution is 5.95. The Morgan fingerprint density at radius 2 is 1.93 bits per heavy atom. The predicted molar refractivity (Wildman–Crippen MR) is 113 cm³/mol. The van der Waals surface area contributed by atoms with Crippen molar-refractivity contribution in [3.63, 3.8) is 0 Å². The standard InChI is InChI=1S/C23H28N4O2/c1-16-14-17(2)27(25-16)20-10-8-19(9-11-20)24-23(28)22-6-4-5-13-26(22)15-21-12-7-18(3)29-21/h7-12,14,22H,4-6,13,15H2,1-3H3,(H,24,28). The second-order valence-electron chi connectivity index (χ2n) is 7.87. The molecule has 1 saturated heterocycles. The van der Waals surface area contributed by atoms with E-state index in [2.05, 4.69) is 15.3 Å². The Labute approximate surface area is 171 Å². The third-order valence-corrected chi connectivity index (χ3v) is 5.46. The summed E-state index contributed by atoms with van der Waals surface area (Å²) in [4.78, 5) is 15.2. The van der Waals surface area contributed by atoms with Crippen molar-refractivity contribution >= 4 is 11.6 Å². The number of carbonyl (C=O) groups excluding carboxylic acids is 1. The van der Waals surface area contributed by atoms with E-state index < -0.39 is 0 Å². The summed E-state index contributed by atoms with van der Waals surface area (Å²) < 4.78 is 7.63. The van der Waals surface area contributed by atoms with Crippen molar-refractivity contribution < 1.29 is 9.21 Å². The highest BCUT2D eigenvalue weighted by Gasteiger charge is 2.29. The third kappa shape index (κ3) is 4.43. The Bertz CT molecular complexity index is 987. The molecule has 1 atom stereocenters. The number of carbonyl (C=O) groups is 1. The molecule has 1 N–H and O–H groups in total. The van der Waals surface area contributed by atoms with Gasteiger partial charge >= 0.3 is 0 Å². The number of hydrogen-bond acceptors (Lipinski definition) is 4. The van der Waals surface area contributed by atoms with Crippen molar-refractivity contribution in [3.05, 3.63) is 65.4 Å². The fourth-order valence-corrected chi connectivity index (χ4v) is 4.05. The fourth-order valence-electron chi connectivity index (χ4n) is 4.05. The molecule has 6 heteroatoms. The van der Waals surface area contributed by atoms with E-state index in [1.165, 1.54) is 0 Å². The Morgan fingerprint density at radius 3 is 2.59 bits per heavy atom. The SMILES string of the molecule is Cc1cc(C)n(-c2ccc(NC(=O)C3CCCCN3Cc3ccc(C)o3)cc2)n1. The molecule has 0 radical (unpaired) electrons. The average molecular weight is 393 g/mol. The number of aromatic nitrogens is 2. The number of aryl methyl sites for hydroxylation is 3. The number of rotatable bonds is 5. The van der Waals surface area contributed by atoms with Crippen LogP contribution < -0.4 is 5.32 Å². The molecular formula is C23H28N4O2. The molecule has 1 unspecified atom stereocenters. The van der Waals surface area contributed by atoms with Gasteiger partial charge in [-0.05, 0) is 82.6 Å². The highest BCUT2D eigenvalue weighted by Crippen LogP contribution is 2.23. The number of nitrogens with one attached hydrogen (secondary N) is 1. The summed E-state index contributed by atoms with van der Waals surface area (Å²) in [6.45, 7) is 7.54. The van der Waals surface area contributed by atoms with Gasteiger partial charge < -0.3 is 9.73 Å². The maximum Gasteiger partial charge on any atom is 0.241 e. The van der Waals surface area contributed by atoms with Gasteiger partial charge in [-0.25, -0.2) is 4.68 Å². The van der Waals surface area contributed by atoms with E-state index in [4.69, 9.17) is 4.42 Å². The third-order valence-electron chi connectivity index (χ3n) is 5.46. The predicted octanol–water partition coefficient (Wildman–Crippen LogP) is 4.38. The molecule has 0 spiro atoms. The molecule has 6 nitrogen and oxygen atoms in total. The fraction of sp³-hybridized carbons (Fsp3) is 0.391. The van der Waals surface area contributed by atoms with Crippen LogP contribution in [0.4, 0.5) is 5.69 Å². The summed E-state index contributed by atoms with van der Waals surface area (Å²) in [7, 11) is 0. The van der Waals surface area contributed by atoms with Crippen LogP contribution in [0, 0.1) is 20.8 Å². The van der Waals surface area contributed by atoms with E-state index in [1.54, 1.807) is 0 Å². The molecule has 3 aromatic rings. The van der Waals surface area contributed by atoms with Crippen molar-refractivity contribution in [2.24, 2.45) is 0 Å². The molecule has 0 aliphatic carbocycles. The number of furan rings is 1. The first-order valence-corrected chi connectivity index (χ1v) is 10.2. The molecule has 152 valence electrons. The van der Waals surface area contributed by atoms with Gasteiger partial charge in [-0.15, -0.1) is 0 Å². The van der Waals surface area contributed by atoms with Crippen LogP contribution in [0.3, 0.4) is 0 Å². The second kappa shape index (κ2) is 8.25. The van der Waals surface area contributed by atoms with Crippen LogP contribution in [0.2, 0.25) is 0 Å². The van der Waals surface area contributed by atoms with Gasteiger partial charge in [0.05, 0.1) is 24.0 Å². The van der Waals surface area contributed by atoms with E-state index in [0.717, 1.165) is 60.1 Å². The quantitative estimate of drug-likeness (QED) is 0.700. The molecule has 3 heterocycles. The minimum atomic E-state index is -0.134. The largest absolute Gasteiger partial charge is 0.465 e. The monoisotopic (exact) mass is 392 g/mol. The second-order valence-corrected chi connectivity index (χ2v) is 7.87. The smallest absolute Gasteiger partial charge is 0.241 e. The van der Waals surface area contributed by atoms with Crippen molar-refractivity contribution in [2.45, 2.75) is 52.6 Å². The molecule has 1 aliphatic heterocycles. The molecule has 4 rings (SSSR count). The van der Waals surface area contributed by atoms with E-state index in [9.17, 15) is 4.79 Å². The number of nitrogens with zero attached hydrogens (tertiary/aromatic N) is 3. The molecule has 0 bridgehead atoms. The van der Waals surface area contributed by atoms with Crippen LogP contribution in [-0.2, 0) is 11.3 Å². The summed E-state index contributed by atoms with van der Waals surface area (Å²) in [6, 6.07) is 13.7. The zero-order valence-electron chi connectivity index (χ0n) is 17.3. The lowest BCUT2D eigenvalue weighted by molar-refractivity contribution is -0.122. The number of hydrogen-bond donors (Lipinski definition) is 1. The molecule has 1 amide bonds. The molecular weight excluding hydrogens is 364 g/mol. The number of piperidine rings is 1. The van der Waals surface area contributed by atoms with Gasteiger partial charge in [0.1, 0.15) is 11.5 Å². The van der Waals surface area contributed by atoms with Crippen molar-refractivity contribution in [3.8, 4) is 5.69 Å². The zero-order valence-corrected chi connectivity index (χ0v) is 17.3. The lowest BCUT2D eigenvalue weighted by Crippen LogP contribution is -2.46. The van der Waals surface area contributed by atoms with Gasteiger partial charge in [-0.2, -0.15) is 5.10 Å². The number of anilines is 1. The van der Waals surface area contributed by atoms with Gasteiger partial charge in [0.25, 0.3) is 0 Å². The summed E-state index contributed by atoms with van der Waals surface area (Å²) >= 11 is 0. The van der Waals surface area contributed by atoms with Gasteiger partial charge in [-0.3, -0.25) is 9.69 Å². The zero-order chi connectivity index (χ0) is 20.4. The maximum atomic E-state index is 13.0. The molecule has 1 aliphatic rings. The Hall–Kier alpha value is -2.86. The Kier molecular flexibility index (Phi) is 5.53. The number of likely N-dealkylation sites (tertiary alicyclic amines) is 1. The molecule has 2 aromatic heterocycles. The minimum Gasteiger partial charge on any atom is -0.465 e. The molecule has 1 aromatic carbocycles. The van der Waals surface area contributed by atoms with Crippen LogP contribution in [0.25, 0.3) is 5.69 Å². The first kappa shape index (κ1) is 19.5. The normalized spacial score (nSPS) is 17.4. The number of benzene rings is 1. The van der Waals surface area contributed by atoms with Crippen LogP contribution in [0.5, 0.6) is 0 Å². The van der Waals surface area contributed by atoms with E-state index in [1.807, 2.05) is 67.9 Å². The highest BCUT2D eigenvalue weighted by atomic mass is 16.3. The minimum absolute atomic E-state index is 0.0480. The van der Waals surface area contributed by atoms with Crippen LogP contribution in [0.1, 0.15) is 42.2 Å². The first-order chi connectivity index (χ1) is 14.0. The van der Waals surface area contributed by atoms with Gasteiger partial charge in [0.15, 0.2) is 0 Å². The molecule has 29 heavy (non-hydrogen) atoms. The van der Waals surface area contributed by atoms with Crippen molar-refractivity contribution in [1.29, 1.82) is 0 Å². The topological polar surface area (TPSA) is 63.3 Å². The molecule has 1 fully saturated rings. The summed E-state index contributed by atoms with van der Waals surface area (Å²) in [6.07, 6.45) is 3.05. The van der Waals surface area contributed by atoms with Gasteiger partial charge in [0.2, 0.25) is 5.91 Å². The Morgan fingerprint density at radius 1 is 1.14 bits per heavy atom. The van der Waals surface area contributed by atoms with Gasteiger partial charge in [0, 0.05) is 11.4 Å². The van der Waals surface area contributed by atoms with E-state index in [-0.39, 0.29) is 11.9 Å². The molecule has 0 saturated carbocycles. The summed E-state index contributed by atoms with van der Waals surface area (Å²) in [5.74, 6) is 1.86. The van der Waals surface area contributed by atoms with Crippen molar-refractivity contribution in [1.82, 2.24) is 14.7 Å². The lowest BCUT2D eigenvalue weighted by Gasteiger charge is -2.34. The van der Waals surface area contributed by atoms with Crippen LogP contribution in [-0.4, -0.2) is 33.2 Å². The Balaban J connectivity index is 1.43. The van der Waals surface area contributed by atoms with Gasteiger partial charge in [-0.1, -0.05) is 6.42 Å². The van der Waals surface area contributed by atoms with E-state index in [0.29, 0.717) is 6.54 Å². The van der Waals surface area contributed by atoms with Crippen LogP contribution >= 0.6 is 0 Å². The average Bonchev–Trinajstić information content (AvgIpc) is 3.27. The maximum absolute atomic E-state index is 13.0. The summed E-state index contributed by atoms with van der Waals surface area (Å²) in [5, 5.41) is 7.60. The summed E-state index contributed by atoms with van der Waals surface area (Å²) in [5.41, 5.74) is 3.87. The van der Waals surface area contributed by atoms with Crippen molar-refractivity contribution in [2.75, 3.05) is 11.9 Å². The first-order valence-electron chi connectivity index (χ1n) is 10.2. The van der Waals surface area contributed by atoms with E-state index >= 15 is 0 Å².